The van der Waals surface area contributed by atoms with E-state index in [9.17, 15) is 9.50 Å². The van der Waals surface area contributed by atoms with Gasteiger partial charge in [-0.05, 0) is 42.8 Å². The minimum absolute atomic E-state index is 0.215. The summed E-state index contributed by atoms with van der Waals surface area (Å²) in [4.78, 5) is 2.25. The van der Waals surface area contributed by atoms with E-state index in [1.807, 2.05) is 18.2 Å². The van der Waals surface area contributed by atoms with Crippen molar-refractivity contribution in [2.45, 2.75) is 19.1 Å². The quantitative estimate of drug-likeness (QED) is 0.737. The molecule has 3 nitrogen and oxygen atoms in total. The first-order chi connectivity index (χ1) is 10.2. The molecule has 1 heterocycles. The average molecular weight is 309 g/mol. The molecule has 0 radical (unpaired) electrons. The second-order valence-electron chi connectivity index (χ2n) is 4.85. The minimum Gasteiger partial charge on any atom is -0.391 e. The summed E-state index contributed by atoms with van der Waals surface area (Å²) in [5, 5.41) is 12.8. The fraction of sp³-hybridized carbons (Fsp3) is 0.375. The zero-order valence-corrected chi connectivity index (χ0v) is 12.8. The fourth-order valence-corrected chi connectivity index (χ4v) is 3.00. The molecule has 0 saturated carbocycles. The average Bonchev–Trinajstić information content (AvgIpc) is 2.93. The van der Waals surface area contributed by atoms with Gasteiger partial charge in [-0.3, -0.25) is 0 Å². The number of benzene rings is 1. The SMILES string of the molecule is COCC(O)CCNCc1ccc(-c2cccc(F)c2)s1. The van der Waals surface area contributed by atoms with E-state index < -0.39 is 6.10 Å². The van der Waals surface area contributed by atoms with Crippen molar-refractivity contribution < 1.29 is 14.2 Å². The van der Waals surface area contributed by atoms with Gasteiger partial charge in [0, 0.05) is 23.4 Å². The number of aliphatic hydroxyl groups is 1. The second-order valence-corrected chi connectivity index (χ2v) is 6.02. The molecule has 21 heavy (non-hydrogen) atoms. The molecule has 0 amide bonds. The number of thiophene rings is 1. The fourth-order valence-electron chi connectivity index (χ4n) is 2.03. The van der Waals surface area contributed by atoms with E-state index in [4.69, 9.17) is 4.74 Å². The third-order valence-corrected chi connectivity index (χ3v) is 4.22. The van der Waals surface area contributed by atoms with E-state index in [1.165, 1.54) is 10.9 Å². The van der Waals surface area contributed by atoms with Crippen molar-refractivity contribution in [2.24, 2.45) is 0 Å². The molecular weight excluding hydrogens is 289 g/mol. The molecule has 5 heteroatoms. The van der Waals surface area contributed by atoms with Gasteiger partial charge >= 0.3 is 0 Å². The van der Waals surface area contributed by atoms with E-state index in [0.717, 1.165) is 23.5 Å². The Morgan fingerprint density at radius 1 is 1.33 bits per heavy atom. The number of rotatable bonds is 8. The van der Waals surface area contributed by atoms with Crippen LogP contribution in [0, 0.1) is 5.82 Å². The lowest BCUT2D eigenvalue weighted by atomic mass is 10.2. The van der Waals surface area contributed by atoms with Crippen LogP contribution in [0.4, 0.5) is 4.39 Å². The molecule has 114 valence electrons. The molecule has 0 aliphatic carbocycles. The predicted octanol–water partition coefficient (Wildman–Crippen LogP) is 3.04. The van der Waals surface area contributed by atoms with Gasteiger partial charge in [0.05, 0.1) is 12.7 Å². The number of aliphatic hydroxyl groups excluding tert-OH is 1. The van der Waals surface area contributed by atoms with E-state index >= 15 is 0 Å². The first kappa shape index (κ1) is 16.1. The summed E-state index contributed by atoms with van der Waals surface area (Å²) in [5.74, 6) is -0.215. The van der Waals surface area contributed by atoms with Crippen molar-refractivity contribution in [2.75, 3.05) is 20.3 Å². The highest BCUT2D eigenvalue weighted by Crippen LogP contribution is 2.28. The first-order valence-corrected chi connectivity index (χ1v) is 7.73. The largest absolute Gasteiger partial charge is 0.391 e. The van der Waals surface area contributed by atoms with Gasteiger partial charge in [-0.2, -0.15) is 0 Å². The Bertz CT molecular complexity index is 559. The number of hydrogen-bond donors (Lipinski definition) is 2. The summed E-state index contributed by atoms with van der Waals surface area (Å²) >= 11 is 1.65. The zero-order valence-electron chi connectivity index (χ0n) is 12.0. The Hall–Kier alpha value is -1.27. The number of nitrogens with one attached hydrogen (secondary N) is 1. The number of hydrogen-bond acceptors (Lipinski definition) is 4. The topological polar surface area (TPSA) is 41.5 Å². The number of ether oxygens (including phenoxy) is 1. The highest BCUT2D eigenvalue weighted by Gasteiger charge is 2.05. The summed E-state index contributed by atoms with van der Waals surface area (Å²) < 4.78 is 18.1. The van der Waals surface area contributed by atoms with Crippen LogP contribution in [0.5, 0.6) is 0 Å². The Morgan fingerprint density at radius 2 is 2.19 bits per heavy atom. The molecule has 1 atom stereocenters. The molecule has 1 unspecified atom stereocenters. The van der Waals surface area contributed by atoms with Gasteiger partial charge in [0.1, 0.15) is 5.82 Å². The van der Waals surface area contributed by atoms with Gasteiger partial charge in [-0.25, -0.2) is 4.39 Å². The predicted molar refractivity (Wildman–Crippen MR) is 83.9 cm³/mol. The maximum atomic E-state index is 13.2. The van der Waals surface area contributed by atoms with Gasteiger partial charge in [-0.15, -0.1) is 11.3 Å². The summed E-state index contributed by atoms with van der Waals surface area (Å²) in [5.41, 5.74) is 0.904. The van der Waals surface area contributed by atoms with Gasteiger partial charge in [0.25, 0.3) is 0 Å². The van der Waals surface area contributed by atoms with Crippen molar-refractivity contribution in [3.8, 4) is 10.4 Å². The van der Waals surface area contributed by atoms with Crippen LogP contribution < -0.4 is 5.32 Å². The second kappa shape index (κ2) is 8.24. The van der Waals surface area contributed by atoms with Crippen LogP contribution >= 0.6 is 11.3 Å². The standard InChI is InChI=1S/C16H20FNO2S/c1-20-11-14(19)7-8-18-10-15-5-6-16(21-15)12-3-2-4-13(17)9-12/h2-6,9,14,18-19H,7-8,10-11H2,1H3. The molecule has 0 bridgehead atoms. The van der Waals surface area contributed by atoms with Crippen LogP contribution in [0.1, 0.15) is 11.3 Å². The van der Waals surface area contributed by atoms with Gasteiger partial charge < -0.3 is 15.2 Å². The van der Waals surface area contributed by atoms with E-state index in [0.29, 0.717) is 13.0 Å². The van der Waals surface area contributed by atoms with Gasteiger partial charge in [0.2, 0.25) is 0 Å². The third-order valence-electron chi connectivity index (χ3n) is 3.08. The van der Waals surface area contributed by atoms with Gasteiger partial charge in [-0.1, -0.05) is 12.1 Å². The summed E-state index contributed by atoms with van der Waals surface area (Å²) in [6, 6.07) is 10.7. The Labute approximate surface area is 128 Å². The highest BCUT2D eigenvalue weighted by molar-refractivity contribution is 7.15. The minimum atomic E-state index is -0.423. The van der Waals surface area contributed by atoms with Crippen LogP contribution in [-0.4, -0.2) is 31.5 Å². The molecular formula is C16H20FNO2S. The maximum absolute atomic E-state index is 13.2. The number of halogens is 1. The maximum Gasteiger partial charge on any atom is 0.123 e. The van der Waals surface area contributed by atoms with Crippen molar-refractivity contribution >= 4 is 11.3 Å². The van der Waals surface area contributed by atoms with Crippen LogP contribution in [0.25, 0.3) is 10.4 Å². The summed E-state index contributed by atoms with van der Waals surface area (Å²) in [7, 11) is 1.58. The Kier molecular flexibility index (Phi) is 6.32. The first-order valence-electron chi connectivity index (χ1n) is 6.91. The molecule has 0 spiro atoms. The highest BCUT2D eigenvalue weighted by atomic mass is 32.1. The monoisotopic (exact) mass is 309 g/mol. The van der Waals surface area contributed by atoms with Crippen LogP contribution in [0.3, 0.4) is 0 Å². The van der Waals surface area contributed by atoms with Crippen LogP contribution in [-0.2, 0) is 11.3 Å². The zero-order chi connectivity index (χ0) is 15.1. The van der Waals surface area contributed by atoms with E-state index in [2.05, 4.69) is 5.32 Å². The molecule has 2 aromatic rings. The Balaban J connectivity index is 1.81. The third kappa shape index (κ3) is 5.21. The van der Waals surface area contributed by atoms with Gasteiger partial charge in [0.15, 0.2) is 0 Å². The van der Waals surface area contributed by atoms with Crippen molar-refractivity contribution in [1.82, 2.24) is 5.32 Å². The van der Waals surface area contributed by atoms with E-state index in [1.54, 1.807) is 30.6 Å². The molecule has 2 rings (SSSR count). The van der Waals surface area contributed by atoms with Crippen molar-refractivity contribution in [1.29, 1.82) is 0 Å². The van der Waals surface area contributed by atoms with Crippen molar-refractivity contribution in [3.63, 3.8) is 0 Å². The normalized spacial score (nSPS) is 12.5. The van der Waals surface area contributed by atoms with Crippen LogP contribution in [0.15, 0.2) is 36.4 Å². The molecule has 0 aliphatic rings. The van der Waals surface area contributed by atoms with Crippen molar-refractivity contribution in [3.05, 3.63) is 47.1 Å². The Morgan fingerprint density at radius 3 is 2.95 bits per heavy atom. The molecule has 2 N–H and O–H groups in total. The lowest BCUT2D eigenvalue weighted by Crippen LogP contribution is -2.22. The number of methoxy groups -OCH3 is 1. The van der Waals surface area contributed by atoms with E-state index in [-0.39, 0.29) is 5.82 Å². The summed E-state index contributed by atoms with van der Waals surface area (Å²) in [6.45, 7) is 1.85. The molecule has 1 aromatic heterocycles. The molecule has 0 saturated heterocycles. The van der Waals surface area contributed by atoms with Crippen LogP contribution in [0.2, 0.25) is 0 Å². The molecule has 0 fully saturated rings. The smallest absolute Gasteiger partial charge is 0.123 e. The molecule has 1 aromatic carbocycles. The lowest BCUT2D eigenvalue weighted by Gasteiger charge is -2.09. The molecule has 0 aliphatic heterocycles. The lowest BCUT2D eigenvalue weighted by molar-refractivity contribution is 0.0594. The summed E-state index contributed by atoms with van der Waals surface area (Å²) in [6.07, 6.45) is 0.240.